The van der Waals surface area contributed by atoms with Gasteiger partial charge in [-0.3, -0.25) is 9.59 Å². The van der Waals surface area contributed by atoms with E-state index in [-0.39, 0.29) is 24.1 Å². The third kappa shape index (κ3) is 4.70. The Kier molecular flexibility index (Phi) is 5.25. The third-order valence-electron chi connectivity index (χ3n) is 3.13. The number of benzene rings is 2. The summed E-state index contributed by atoms with van der Waals surface area (Å²) >= 11 is 0. The average Bonchev–Trinajstić information content (AvgIpc) is 2.49. The summed E-state index contributed by atoms with van der Waals surface area (Å²) in [6.07, 6.45) is 0.409. The summed E-state index contributed by atoms with van der Waals surface area (Å²) in [4.78, 5) is 23.2. The number of halogens is 1. The van der Waals surface area contributed by atoms with Gasteiger partial charge >= 0.3 is 0 Å². The van der Waals surface area contributed by atoms with E-state index < -0.39 is 0 Å². The first-order valence-electron chi connectivity index (χ1n) is 6.90. The zero-order chi connectivity index (χ0) is 15.9. The zero-order valence-corrected chi connectivity index (χ0v) is 12.2. The van der Waals surface area contributed by atoms with Crippen LogP contribution in [0.1, 0.15) is 11.1 Å². The monoisotopic (exact) mass is 300 g/mol. The molecular weight excluding hydrogens is 283 g/mol. The predicted molar refractivity (Wildman–Crippen MR) is 82.9 cm³/mol. The maximum absolute atomic E-state index is 13.1. The number of carbonyl (C=O) groups is 2. The Balaban J connectivity index is 1.93. The van der Waals surface area contributed by atoms with Gasteiger partial charge in [0, 0.05) is 12.7 Å². The van der Waals surface area contributed by atoms with Gasteiger partial charge in [-0.25, -0.2) is 4.39 Å². The van der Waals surface area contributed by atoms with E-state index in [1.54, 1.807) is 43.4 Å². The first kappa shape index (κ1) is 15.7. The van der Waals surface area contributed by atoms with Crippen LogP contribution >= 0.6 is 0 Å². The Morgan fingerprint density at radius 2 is 1.64 bits per heavy atom. The molecule has 2 aromatic rings. The second kappa shape index (κ2) is 7.36. The van der Waals surface area contributed by atoms with Crippen LogP contribution < -0.4 is 10.6 Å². The Morgan fingerprint density at radius 1 is 0.955 bits per heavy atom. The number of nitrogens with one attached hydrogen (secondary N) is 2. The highest BCUT2D eigenvalue weighted by Gasteiger charge is 2.06. The van der Waals surface area contributed by atoms with Crippen molar-refractivity contribution < 1.29 is 14.0 Å². The summed E-state index contributed by atoms with van der Waals surface area (Å²) in [5.41, 5.74) is 2.12. The summed E-state index contributed by atoms with van der Waals surface area (Å²) < 4.78 is 13.1. The molecule has 0 heterocycles. The van der Waals surface area contributed by atoms with Gasteiger partial charge in [0.25, 0.3) is 0 Å². The topological polar surface area (TPSA) is 58.2 Å². The summed E-state index contributed by atoms with van der Waals surface area (Å²) in [5, 5.41) is 5.30. The highest BCUT2D eigenvalue weighted by Crippen LogP contribution is 2.11. The van der Waals surface area contributed by atoms with Crippen molar-refractivity contribution in [3.05, 3.63) is 65.5 Å². The second-order valence-electron chi connectivity index (χ2n) is 4.90. The average molecular weight is 300 g/mol. The van der Waals surface area contributed by atoms with E-state index in [2.05, 4.69) is 10.6 Å². The van der Waals surface area contributed by atoms with Crippen LogP contribution in [-0.2, 0) is 22.4 Å². The van der Waals surface area contributed by atoms with Gasteiger partial charge in [-0.1, -0.05) is 24.3 Å². The fourth-order valence-electron chi connectivity index (χ4n) is 2.02. The fourth-order valence-corrected chi connectivity index (χ4v) is 2.02. The van der Waals surface area contributed by atoms with Gasteiger partial charge in [-0.15, -0.1) is 0 Å². The van der Waals surface area contributed by atoms with Crippen LogP contribution in [0.5, 0.6) is 0 Å². The molecule has 0 aliphatic heterocycles. The van der Waals surface area contributed by atoms with Crippen molar-refractivity contribution in [3.8, 4) is 0 Å². The van der Waals surface area contributed by atoms with Crippen molar-refractivity contribution in [1.82, 2.24) is 5.32 Å². The van der Waals surface area contributed by atoms with E-state index in [9.17, 15) is 14.0 Å². The van der Waals surface area contributed by atoms with E-state index in [1.165, 1.54) is 12.1 Å². The number of amides is 2. The van der Waals surface area contributed by atoms with Crippen LogP contribution in [0, 0.1) is 5.82 Å². The molecule has 0 saturated carbocycles. The maximum Gasteiger partial charge on any atom is 0.228 e. The third-order valence-corrected chi connectivity index (χ3v) is 3.13. The maximum atomic E-state index is 13.1. The summed E-state index contributed by atoms with van der Waals surface area (Å²) in [6, 6.07) is 13.0. The van der Waals surface area contributed by atoms with Gasteiger partial charge in [-0.05, 0) is 35.4 Å². The first-order chi connectivity index (χ1) is 10.6. The molecule has 0 aliphatic carbocycles. The molecule has 0 bridgehead atoms. The van der Waals surface area contributed by atoms with Crippen LogP contribution in [-0.4, -0.2) is 18.9 Å². The van der Waals surface area contributed by atoms with Gasteiger partial charge in [-0.2, -0.15) is 0 Å². The summed E-state index contributed by atoms with van der Waals surface area (Å²) in [6.45, 7) is 0. The molecule has 0 aliphatic rings. The molecule has 4 nitrogen and oxygen atoms in total. The number of hydrogen-bond donors (Lipinski definition) is 2. The van der Waals surface area contributed by atoms with Gasteiger partial charge in [0.1, 0.15) is 5.82 Å². The minimum Gasteiger partial charge on any atom is -0.359 e. The second-order valence-corrected chi connectivity index (χ2v) is 4.90. The molecule has 0 aromatic heterocycles. The van der Waals surface area contributed by atoms with Gasteiger partial charge in [0.05, 0.1) is 12.8 Å². The quantitative estimate of drug-likeness (QED) is 0.890. The van der Waals surface area contributed by atoms with E-state index in [1.807, 2.05) is 0 Å². The zero-order valence-electron chi connectivity index (χ0n) is 12.2. The van der Waals surface area contributed by atoms with E-state index in [0.29, 0.717) is 17.7 Å². The highest BCUT2D eigenvalue weighted by molar-refractivity contribution is 5.92. The lowest BCUT2D eigenvalue weighted by atomic mass is 10.1. The number of carbonyl (C=O) groups excluding carboxylic acids is 2. The summed E-state index contributed by atoms with van der Waals surface area (Å²) in [5.74, 6) is -0.642. The predicted octanol–water partition coefficient (Wildman–Crippen LogP) is 2.30. The molecule has 2 aromatic carbocycles. The lowest BCUT2D eigenvalue weighted by molar-refractivity contribution is -0.120. The van der Waals surface area contributed by atoms with Crippen LogP contribution in [0.4, 0.5) is 10.1 Å². The van der Waals surface area contributed by atoms with Gasteiger partial charge < -0.3 is 10.6 Å². The summed E-state index contributed by atoms with van der Waals surface area (Å²) in [7, 11) is 1.59. The van der Waals surface area contributed by atoms with Crippen molar-refractivity contribution in [2.75, 3.05) is 12.4 Å². The SMILES string of the molecule is CNC(=O)Cc1ccc(NC(=O)Cc2cccc(F)c2)cc1. The normalized spacial score (nSPS) is 10.1. The van der Waals surface area contributed by atoms with Crippen LogP contribution in [0.25, 0.3) is 0 Å². The Labute approximate surface area is 128 Å². The number of hydrogen-bond acceptors (Lipinski definition) is 2. The molecule has 22 heavy (non-hydrogen) atoms. The van der Waals surface area contributed by atoms with E-state index in [0.717, 1.165) is 5.56 Å². The molecular formula is C17H17FN2O2. The fraction of sp³-hybridized carbons (Fsp3) is 0.176. The Hall–Kier alpha value is -2.69. The van der Waals surface area contributed by atoms with E-state index in [4.69, 9.17) is 0 Å². The molecule has 0 unspecified atom stereocenters. The molecule has 2 amide bonds. The Bertz CT molecular complexity index is 669. The molecule has 0 spiro atoms. The molecule has 0 fully saturated rings. The molecule has 0 radical (unpaired) electrons. The lowest BCUT2D eigenvalue weighted by Crippen LogP contribution is -2.20. The molecule has 2 rings (SSSR count). The van der Waals surface area contributed by atoms with Crippen molar-refractivity contribution in [2.45, 2.75) is 12.8 Å². The molecule has 114 valence electrons. The minimum absolute atomic E-state index is 0.0668. The molecule has 2 N–H and O–H groups in total. The highest BCUT2D eigenvalue weighted by atomic mass is 19.1. The van der Waals surface area contributed by atoms with Gasteiger partial charge in [0.2, 0.25) is 11.8 Å². The first-order valence-corrected chi connectivity index (χ1v) is 6.90. The van der Waals surface area contributed by atoms with Crippen LogP contribution in [0.2, 0.25) is 0 Å². The van der Waals surface area contributed by atoms with Crippen molar-refractivity contribution in [2.24, 2.45) is 0 Å². The lowest BCUT2D eigenvalue weighted by Gasteiger charge is -2.07. The van der Waals surface area contributed by atoms with Crippen molar-refractivity contribution >= 4 is 17.5 Å². The molecule has 0 atom stereocenters. The van der Waals surface area contributed by atoms with E-state index >= 15 is 0 Å². The van der Waals surface area contributed by atoms with Crippen molar-refractivity contribution in [3.63, 3.8) is 0 Å². The molecule has 5 heteroatoms. The number of likely N-dealkylation sites (N-methyl/N-ethyl adjacent to an activating group) is 1. The molecule has 0 saturated heterocycles. The largest absolute Gasteiger partial charge is 0.359 e. The van der Waals surface area contributed by atoms with Gasteiger partial charge in [0.15, 0.2) is 0 Å². The standard InChI is InChI=1S/C17H17FN2O2/c1-19-16(21)10-12-5-7-15(8-6-12)20-17(22)11-13-3-2-4-14(18)9-13/h2-9H,10-11H2,1H3,(H,19,21)(H,20,22). The Morgan fingerprint density at radius 3 is 2.27 bits per heavy atom. The number of anilines is 1. The van der Waals surface area contributed by atoms with Crippen LogP contribution in [0.15, 0.2) is 48.5 Å². The number of rotatable bonds is 5. The van der Waals surface area contributed by atoms with Crippen LogP contribution in [0.3, 0.4) is 0 Å². The smallest absolute Gasteiger partial charge is 0.228 e. The van der Waals surface area contributed by atoms with Crippen molar-refractivity contribution in [1.29, 1.82) is 0 Å². The minimum atomic E-state index is -0.358.